The van der Waals surface area contributed by atoms with E-state index in [1.165, 1.54) is 22.7 Å². The van der Waals surface area contributed by atoms with E-state index in [1.54, 1.807) is 6.20 Å². The second-order valence-electron chi connectivity index (χ2n) is 2.93. The first-order chi connectivity index (χ1) is 7.78. The van der Waals surface area contributed by atoms with Gasteiger partial charge in [-0.25, -0.2) is 9.97 Å². The van der Waals surface area contributed by atoms with Crippen LogP contribution in [0.4, 0.5) is 5.13 Å². The molecule has 7 heteroatoms. The van der Waals surface area contributed by atoms with Crippen molar-refractivity contribution < 1.29 is 4.79 Å². The second kappa shape index (κ2) is 5.38. The van der Waals surface area contributed by atoms with Crippen LogP contribution in [0.25, 0.3) is 0 Å². The summed E-state index contributed by atoms with van der Waals surface area (Å²) < 4.78 is 0. The zero-order valence-corrected chi connectivity index (χ0v) is 10.5. The van der Waals surface area contributed by atoms with E-state index < -0.39 is 0 Å². The molecule has 1 amide bonds. The van der Waals surface area contributed by atoms with Gasteiger partial charge in [-0.15, -0.1) is 34.3 Å². The molecule has 0 atom stereocenters. The Balaban J connectivity index is 1.92. The van der Waals surface area contributed by atoms with E-state index in [1.807, 2.05) is 10.8 Å². The second-order valence-corrected chi connectivity index (χ2v) is 5.03. The van der Waals surface area contributed by atoms with E-state index in [4.69, 9.17) is 11.6 Å². The molecule has 84 valence electrons. The number of hydrogen-bond acceptors (Lipinski definition) is 5. The summed E-state index contributed by atoms with van der Waals surface area (Å²) in [7, 11) is 0. The van der Waals surface area contributed by atoms with E-state index in [2.05, 4.69) is 15.3 Å². The van der Waals surface area contributed by atoms with Crippen LogP contribution in [0.1, 0.15) is 10.7 Å². The normalized spacial score (nSPS) is 10.3. The van der Waals surface area contributed by atoms with Gasteiger partial charge in [0, 0.05) is 17.0 Å². The molecule has 0 saturated carbocycles. The van der Waals surface area contributed by atoms with Crippen LogP contribution in [-0.2, 0) is 17.1 Å². The zero-order valence-electron chi connectivity index (χ0n) is 8.14. The fourth-order valence-corrected chi connectivity index (χ4v) is 2.64. The van der Waals surface area contributed by atoms with E-state index in [0.29, 0.717) is 11.0 Å². The van der Waals surface area contributed by atoms with Crippen molar-refractivity contribution in [3.05, 3.63) is 27.7 Å². The molecule has 0 spiro atoms. The average Bonchev–Trinajstić information content (AvgIpc) is 2.89. The first kappa shape index (κ1) is 11.5. The first-order valence-electron chi connectivity index (χ1n) is 4.46. The van der Waals surface area contributed by atoms with Crippen molar-refractivity contribution in [3.8, 4) is 0 Å². The van der Waals surface area contributed by atoms with E-state index in [-0.39, 0.29) is 12.3 Å². The van der Waals surface area contributed by atoms with Gasteiger partial charge in [-0.05, 0) is 0 Å². The summed E-state index contributed by atoms with van der Waals surface area (Å²) in [6.07, 6.45) is 1.91. The molecule has 0 bridgehead atoms. The highest BCUT2D eigenvalue weighted by Gasteiger charge is 2.08. The van der Waals surface area contributed by atoms with Crippen molar-refractivity contribution in [1.29, 1.82) is 0 Å². The van der Waals surface area contributed by atoms with Crippen molar-refractivity contribution in [1.82, 2.24) is 9.97 Å². The summed E-state index contributed by atoms with van der Waals surface area (Å²) >= 11 is 8.46. The summed E-state index contributed by atoms with van der Waals surface area (Å²) in [5.74, 6) is 0.273. The molecule has 0 aromatic carbocycles. The van der Waals surface area contributed by atoms with Gasteiger partial charge in [0.2, 0.25) is 5.91 Å². The molecule has 0 saturated heterocycles. The Bertz CT molecular complexity index is 469. The average molecular weight is 274 g/mol. The van der Waals surface area contributed by atoms with Crippen LogP contribution >= 0.6 is 34.3 Å². The quantitative estimate of drug-likeness (QED) is 0.871. The number of thiazole rings is 2. The molecule has 2 rings (SSSR count). The molecule has 0 aliphatic carbocycles. The van der Waals surface area contributed by atoms with Crippen molar-refractivity contribution in [2.45, 2.75) is 12.3 Å². The van der Waals surface area contributed by atoms with Crippen LogP contribution in [-0.4, -0.2) is 15.9 Å². The summed E-state index contributed by atoms with van der Waals surface area (Å²) in [6.45, 7) is 0. The lowest BCUT2D eigenvalue weighted by molar-refractivity contribution is -0.115. The van der Waals surface area contributed by atoms with Crippen molar-refractivity contribution in [3.63, 3.8) is 0 Å². The van der Waals surface area contributed by atoms with E-state index in [9.17, 15) is 4.79 Å². The summed E-state index contributed by atoms with van der Waals surface area (Å²) in [5, 5.41) is 7.75. The number of nitrogens with one attached hydrogen (secondary N) is 1. The maximum Gasteiger partial charge on any atom is 0.233 e. The maximum atomic E-state index is 11.6. The van der Waals surface area contributed by atoms with Gasteiger partial charge >= 0.3 is 0 Å². The number of alkyl halides is 1. The number of amides is 1. The van der Waals surface area contributed by atoms with Gasteiger partial charge < -0.3 is 5.32 Å². The monoisotopic (exact) mass is 273 g/mol. The van der Waals surface area contributed by atoms with Crippen molar-refractivity contribution >= 4 is 45.3 Å². The Kier molecular flexibility index (Phi) is 3.87. The summed E-state index contributed by atoms with van der Waals surface area (Å²) in [5.41, 5.74) is 0.809. The van der Waals surface area contributed by atoms with Gasteiger partial charge in [0.25, 0.3) is 0 Å². The third-order valence-electron chi connectivity index (χ3n) is 1.73. The number of aromatic nitrogens is 2. The maximum absolute atomic E-state index is 11.6. The van der Waals surface area contributed by atoms with Gasteiger partial charge in [0.15, 0.2) is 5.13 Å². The molecule has 0 fully saturated rings. The molecule has 0 radical (unpaired) electrons. The molecule has 2 heterocycles. The van der Waals surface area contributed by atoms with Gasteiger partial charge in [-0.3, -0.25) is 4.79 Å². The number of carbonyl (C=O) groups excluding carboxylic acids is 1. The smallest absolute Gasteiger partial charge is 0.233 e. The molecule has 0 unspecified atom stereocenters. The lowest BCUT2D eigenvalue weighted by atomic mass is 10.4. The predicted octanol–water partition coefficient (Wildman–Crippen LogP) is 2.52. The van der Waals surface area contributed by atoms with Crippen LogP contribution in [0.3, 0.4) is 0 Å². The SMILES string of the molecule is O=C(Cc1nc(CCl)cs1)Nc1nccs1. The fourth-order valence-electron chi connectivity index (χ4n) is 1.08. The molecular formula is C9H8ClN3OS2. The zero-order chi connectivity index (χ0) is 11.4. The van der Waals surface area contributed by atoms with Gasteiger partial charge in [-0.1, -0.05) is 0 Å². The molecule has 2 aromatic rings. The van der Waals surface area contributed by atoms with Crippen LogP contribution in [0.5, 0.6) is 0 Å². The standard InChI is InChI=1S/C9H8ClN3OS2/c10-4-6-5-16-8(12-6)3-7(14)13-9-11-1-2-15-9/h1-2,5H,3-4H2,(H,11,13,14). The summed E-state index contributed by atoms with van der Waals surface area (Å²) in [4.78, 5) is 19.7. The number of nitrogens with zero attached hydrogens (tertiary/aromatic N) is 2. The number of halogens is 1. The Morgan fingerprint density at radius 2 is 2.38 bits per heavy atom. The fraction of sp³-hybridized carbons (Fsp3) is 0.222. The van der Waals surface area contributed by atoms with E-state index in [0.717, 1.165) is 10.7 Å². The van der Waals surface area contributed by atoms with Crippen molar-refractivity contribution in [2.75, 3.05) is 5.32 Å². The lowest BCUT2D eigenvalue weighted by Crippen LogP contribution is -2.14. The van der Waals surface area contributed by atoms with Crippen LogP contribution in [0, 0.1) is 0 Å². The minimum absolute atomic E-state index is 0.106. The highest BCUT2D eigenvalue weighted by molar-refractivity contribution is 7.13. The number of anilines is 1. The van der Waals surface area contributed by atoms with Gasteiger partial charge in [0.1, 0.15) is 5.01 Å². The number of rotatable bonds is 4. The summed E-state index contributed by atoms with van der Waals surface area (Å²) in [6, 6.07) is 0. The molecule has 2 aromatic heterocycles. The number of carbonyl (C=O) groups is 1. The largest absolute Gasteiger partial charge is 0.302 e. The Morgan fingerprint density at radius 1 is 1.50 bits per heavy atom. The third kappa shape index (κ3) is 3.01. The Labute approximate surface area is 105 Å². The molecule has 16 heavy (non-hydrogen) atoms. The predicted molar refractivity (Wildman–Crippen MR) is 66.1 cm³/mol. The first-order valence-corrected chi connectivity index (χ1v) is 6.76. The number of hydrogen-bond donors (Lipinski definition) is 1. The van der Waals surface area contributed by atoms with Gasteiger partial charge in [0.05, 0.1) is 18.0 Å². The van der Waals surface area contributed by atoms with Crippen LogP contribution < -0.4 is 5.32 Å². The highest BCUT2D eigenvalue weighted by atomic mass is 35.5. The van der Waals surface area contributed by atoms with Crippen LogP contribution in [0.2, 0.25) is 0 Å². The topological polar surface area (TPSA) is 54.9 Å². The lowest BCUT2D eigenvalue weighted by Gasteiger charge is -1.98. The molecule has 4 nitrogen and oxygen atoms in total. The third-order valence-corrected chi connectivity index (χ3v) is 3.59. The van der Waals surface area contributed by atoms with Crippen molar-refractivity contribution in [2.24, 2.45) is 0 Å². The van der Waals surface area contributed by atoms with Crippen LogP contribution in [0.15, 0.2) is 17.0 Å². The molecule has 0 aliphatic heterocycles. The minimum Gasteiger partial charge on any atom is -0.302 e. The molecule has 0 aliphatic rings. The minimum atomic E-state index is -0.106. The molecule has 1 N–H and O–H groups in total. The molecular weight excluding hydrogens is 266 g/mol. The van der Waals surface area contributed by atoms with Gasteiger partial charge in [-0.2, -0.15) is 0 Å². The Morgan fingerprint density at radius 3 is 3.00 bits per heavy atom. The highest BCUT2D eigenvalue weighted by Crippen LogP contribution is 2.14. The Hall–Kier alpha value is -0.980. The van der Waals surface area contributed by atoms with E-state index >= 15 is 0 Å².